The molecule has 0 spiro atoms. The van der Waals surface area contributed by atoms with E-state index >= 15 is 0 Å². The third-order valence-corrected chi connectivity index (χ3v) is 5.34. The van der Waals surface area contributed by atoms with Gasteiger partial charge in [0, 0.05) is 6.54 Å². The molecule has 0 atom stereocenters. The van der Waals surface area contributed by atoms with Crippen molar-refractivity contribution >= 4 is 11.9 Å². The Balaban J connectivity index is 1.94. The fourth-order valence-corrected chi connectivity index (χ4v) is 3.84. The second-order valence-electron chi connectivity index (χ2n) is 6.89. The first-order chi connectivity index (χ1) is 10.0. The quantitative estimate of drug-likeness (QED) is 0.670. The van der Waals surface area contributed by atoms with Gasteiger partial charge in [0.15, 0.2) is 0 Å². The van der Waals surface area contributed by atoms with Gasteiger partial charge in [0.25, 0.3) is 0 Å². The van der Waals surface area contributed by atoms with Gasteiger partial charge in [-0.15, -0.1) is 0 Å². The van der Waals surface area contributed by atoms with E-state index in [0.717, 1.165) is 58.0 Å². The summed E-state index contributed by atoms with van der Waals surface area (Å²) >= 11 is 0. The molecule has 2 fully saturated rings. The molecule has 0 unspecified atom stereocenters. The fraction of sp³-hybridized carbons (Fsp3) is 0.875. The lowest BCUT2D eigenvalue weighted by Gasteiger charge is -2.43. The summed E-state index contributed by atoms with van der Waals surface area (Å²) in [4.78, 5) is 23.7. The van der Waals surface area contributed by atoms with E-state index in [1.807, 2.05) is 0 Å². The van der Waals surface area contributed by atoms with Gasteiger partial charge in [0.05, 0.1) is 11.8 Å². The Hall–Kier alpha value is -1.10. The Bertz CT molecular complexity index is 379. The number of amides is 1. The van der Waals surface area contributed by atoms with Crippen LogP contribution in [0.2, 0.25) is 0 Å². The molecule has 0 aromatic carbocycles. The van der Waals surface area contributed by atoms with Crippen LogP contribution in [0, 0.1) is 10.8 Å². The molecular formula is C16H28N2O3. The van der Waals surface area contributed by atoms with Gasteiger partial charge in [-0.3, -0.25) is 9.59 Å². The number of rotatable bonds is 7. The van der Waals surface area contributed by atoms with Gasteiger partial charge in [-0.05, 0) is 50.6 Å². The maximum absolute atomic E-state index is 12.7. The standard InChI is InChI=1S/C16H28N2O3/c1-2-4-16(7-9-17-10-8-16)14(21)18-12-15(5-3-6-15)11-13(19)20/h17H,2-12H2,1H3,(H,18,21)(H,19,20). The van der Waals surface area contributed by atoms with E-state index in [4.69, 9.17) is 5.11 Å². The molecule has 2 rings (SSSR count). The van der Waals surface area contributed by atoms with E-state index in [9.17, 15) is 9.59 Å². The molecule has 1 aliphatic heterocycles. The Labute approximate surface area is 126 Å². The summed E-state index contributed by atoms with van der Waals surface area (Å²) in [6.45, 7) is 4.44. The molecule has 5 heteroatoms. The highest BCUT2D eigenvalue weighted by Crippen LogP contribution is 2.44. The Morgan fingerprint density at radius 1 is 1.19 bits per heavy atom. The number of carbonyl (C=O) groups is 2. The number of nitrogens with one attached hydrogen (secondary N) is 2. The molecule has 1 aliphatic carbocycles. The number of carbonyl (C=O) groups excluding carboxylic acids is 1. The molecule has 1 saturated heterocycles. The zero-order valence-electron chi connectivity index (χ0n) is 13.0. The first kappa shape index (κ1) is 16.3. The van der Waals surface area contributed by atoms with Gasteiger partial charge >= 0.3 is 5.97 Å². The Morgan fingerprint density at radius 2 is 1.86 bits per heavy atom. The van der Waals surface area contributed by atoms with Gasteiger partial charge in [0.2, 0.25) is 5.91 Å². The summed E-state index contributed by atoms with van der Waals surface area (Å²) in [5.74, 6) is -0.614. The van der Waals surface area contributed by atoms with Crippen molar-refractivity contribution in [1.82, 2.24) is 10.6 Å². The van der Waals surface area contributed by atoms with Crippen molar-refractivity contribution in [3.05, 3.63) is 0 Å². The average Bonchev–Trinajstić information content (AvgIpc) is 2.42. The molecular weight excluding hydrogens is 268 g/mol. The minimum Gasteiger partial charge on any atom is -0.481 e. The molecule has 1 heterocycles. The van der Waals surface area contributed by atoms with E-state index in [0.29, 0.717) is 6.54 Å². The van der Waals surface area contributed by atoms with Crippen molar-refractivity contribution in [2.45, 2.75) is 58.3 Å². The van der Waals surface area contributed by atoms with Crippen LogP contribution >= 0.6 is 0 Å². The van der Waals surface area contributed by atoms with Crippen molar-refractivity contribution in [1.29, 1.82) is 0 Å². The van der Waals surface area contributed by atoms with Crippen LogP contribution in [0.3, 0.4) is 0 Å². The van der Waals surface area contributed by atoms with Crippen LogP contribution in [0.1, 0.15) is 58.3 Å². The highest BCUT2D eigenvalue weighted by molar-refractivity contribution is 5.83. The molecule has 21 heavy (non-hydrogen) atoms. The maximum atomic E-state index is 12.7. The van der Waals surface area contributed by atoms with Crippen molar-refractivity contribution in [3.8, 4) is 0 Å². The molecule has 0 radical (unpaired) electrons. The van der Waals surface area contributed by atoms with Crippen molar-refractivity contribution in [2.24, 2.45) is 10.8 Å². The van der Waals surface area contributed by atoms with Crippen LogP contribution in [-0.4, -0.2) is 36.6 Å². The van der Waals surface area contributed by atoms with Gasteiger partial charge in [-0.2, -0.15) is 0 Å². The van der Waals surface area contributed by atoms with Crippen LogP contribution in [-0.2, 0) is 9.59 Å². The molecule has 0 bridgehead atoms. The minimum atomic E-state index is -0.755. The van der Waals surface area contributed by atoms with Crippen LogP contribution in [0.4, 0.5) is 0 Å². The first-order valence-corrected chi connectivity index (χ1v) is 8.23. The van der Waals surface area contributed by atoms with E-state index in [-0.39, 0.29) is 23.2 Å². The number of piperidine rings is 1. The van der Waals surface area contributed by atoms with Crippen LogP contribution in [0.15, 0.2) is 0 Å². The van der Waals surface area contributed by atoms with Gasteiger partial charge in [-0.25, -0.2) is 0 Å². The third-order valence-electron chi connectivity index (χ3n) is 5.34. The van der Waals surface area contributed by atoms with Crippen molar-refractivity contribution in [3.63, 3.8) is 0 Å². The smallest absolute Gasteiger partial charge is 0.303 e. The number of aliphatic carboxylic acids is 1. The minimum absolute atomic E-state index is 0.141. The topological polar surface area (TPSA) is 78.4 Å². The van der Waals surface area contributed by atoms with E-state index in [1.165, 1.54) is 0 Å². The second kappa shape index (κ2) is 6.77. The lowest BCUT2D eigenvalue weighted by Crippen LogP contribution is -2.51. The summed E-state index contributed by atoms with van der Waals surface area (Å²) in [7, 11) is 0. The molecule has 1 saturated carbocycles. The number of hydrogen-bond acceptors (Lipinski definition) is 3. The van der Waals surface area contributed by atoms with Crippen LogP contribution in [0.25, 0.3) is 0 Å². The Morgan fingerprint density at radius 3 is 2.33 bits per heavy atom. The molecule has 2 aliphatic rings. The predicted molar refractivity (Wildman–Crippen MR) is 81.0 cm³/mol. The van der Waals surface area contributed by atoms with Crippen molar-refractivity contribution < 1.29 is 14.7 Å². The first-order valence-electron chi connectivity index (χ1n) is 8.23. The average molecular weight is 296 g/mol. The summed E-state index contributed by atoms with van der Waals surface area (Å²) in [6.07, 6.45) is 6.80. The lowest BCUT2D eigenvalue weighted by molar-refractivity contribution is -0.142. The maximum Gasteiger partial charge on any atom is 0.303 e. The second-order valence-corrected chi connectivity index (χ2v) is 6.89. The van der Waals surface area contributed by atoms with E-state index in [1.54, 1.807) is 0 Å². The molecule has 0 aromatic heterocycles. The summed E-state index contributed by atoms with van der Waals surface area (Å²) in [5, 5.41) is 15.5. The monoisotopic (exact) mass is 296 g/mol. The van der Waals surface area contributed by atoms with Gasteiger partial charge in [0.1, 0.15) is 0 Å². The van der Waals surface area contributed by atoms with E-state index < -0.39 is 5.97 Å². The molecule has 120 valence electrons. The predicted octanol–water partition coefficient (Wildman–Crippen LogP) is 1.92. The number of carboxylic acids is 1. The number of carboxylic acid groups (broad SMARTS) is 1. The SMILES string of the molecule is CCCC1(C(=O)NCC2(CC(=O)O)CCC2)CCNCC1. The highest BCUT2D eigenvalue weighted by atomic mass is 16.4. The summed E-state index contributed by atoms with van der Waals surface area (Å²) in [5.41, 5.74) is -0.435. The van der Waals surface area contributed by atoms with Gasteiger partial charge < -0.3 is 15.7 Å². The Kier molecular flexibility index (Phi) is 5.25. The van der Waals surface area contributed by atoms with Gasteiger partial charge in [-0.1, -0.05) is 19.8 Å². The fourth-order valence-electron chi connectivity index (χ4n) is 3.84. The molecule has 3 N–H and O–H groups in total. The van der Waals surface area contributed by atoms with Crippen molar-refractivity contribution in [2.75, 3.05) is 19.6 Å². The lowest BCUT2D eigenvalue weighted by atomic mass is 9.66. The molecule has 5 nitrogen and oxygen atoms in total. The summed E-state index contributed by atoms with van der Waals surface area (Å²) in [6, 6.07) is 0. The number of hydrogen-bond donors (Lipinski definition) is 3. The normalized spacial score (nSPS) is 23.1. The zero-order chi connectivity index (χ0) is 15.3. The molecule has 1 amide bonds. The highest BCUT2D eigenvalue weighted by Gasteiger charge is 2.42. The zero-order valence-corrected chi connectivity index (χ0v) is 13.0. The van der Waals surface area contributed by atoms with Crippen LogP contribution in [0.5, 0.6) is 0 Å². The van der Waals surface area contributed by atoms with E-state index in [2.05, 4.69) is 17.6 Å². The summed E-state index contributed by atoms with van der Waals surface area (Å²) < 4.78 is 0. The molecule has 0 aromatic rings. The third kappa shape index (κ3) is 3.76. The van der Waals surface area contributed by atoms with Crippen LogP contribution < -0.4 is 10.6 Å². The largest absolute Gasteiger partial charge is 0.481 e.